The van der Waals surface area contributed by atoms with Crippen LogP contribution in [0.1, 0.15) is 25.1 Å². The van der Waals surface area contributed by atoms with Crippen LogP contribution in [0.2, 0.25) is 5.02 Å². The number of aryl methyl sites for hydroxylation is 1. The summed E-state index contributed by atoms with van der Waals surface area (Å²) < 4.78 is 0. The van der Waals surface area contributed by atoms with Crippen molar-refractivity contribution in [3.05, 3.63) is 41.2 Å². The molecule has 0 aliphatic carbocycles. The van der Waals surface area contributed by atoms with Gasteiger partial charge in [-0.3, -0.25) is 0 Å². The molecule has 1 aromatic heterocycles. The second-order valence-corrected chi connectivity index (χ2v) is 5.78. The van der Waals surface area contributed by atoms with Crippen molar-refractivity contribution in [1.29, 1.82) is 0 Å². The van der Waals surface area contributed by atoms with Gasteiger partial charge in [-0.2, -0.15) is 0 Å². The van der Waals surface area contributed by atoms with Crippen molar-refractivity contribution in [3.63, 3.8) is 0 Å². The number of hydrogen-bond acceptors (Lipinski definition) is 4. The Balaban J connectivity index is 1.83. The zero-order valence-electron chi connectivity index (χ0n) is 12.1. The molecule has 1 fully saturated rings. The van der Waals surface area contributed by atoms with E-state index >= 15 is 0 Å². The highest BCUT2D eigenvalue weighted by molar-refractivity contribution is 6.30. The van der Waals surface area contributed by atoms with E-state index in [2.05, 4.69) is 20.2 Å². The molecular formula is C16H19ClN4. The number of piperidine rings is 1. The highest BCUT2D eigenvalue weighted by Crippen LogP contribution is 2.23. The molecule has 0 unspecified atom stereocenters. The first-order valence-corrected chi connectivity index (χ1v) is 7.72. The highest BCUT2D eigenvalue weighted by Gasteiger charge is 2.13. The topological polar surface area (TPSA) is 41.1 Å². The van der Waals surface area contributed by atoms with Crippen LogP contribution in [0.3, 0.4) is 0 Å². The van der Waals surface area contributed by atoms with Crippen LogP contribution in [0, 0.1) is 6.92 Å². The molecule has 110 valence electrons. The van der Waals surface area contributed by atoms with Gasteiger partial charge in [-0.1, -0.05) is 17.7 Å². The Labute approximate surface area is 130 Å². The average molecular weight is 303 g/mol. The quantitative estimate of drug-likeness (QED) is 0.924. The molecule has 21 heavy (non-hydrogen) atoms. The van der Waals surface area contributed by atoms with E-state index in [1.165, 1.54) is 19.3 Å². The third kappa shape index (κ3) is 3.64. The standard InChI is InChI=1S/C16H19ClN4/c1-12-18-15(20-14-7-5-6-13(17)10-14)11-16(19-12)21-8-3-2-4-9-21/h5-7,10-11H,2-4,8-9H2,1H3,(H,18,19,20). The summed E-state index contributed by atoms with van der Waals surface area (Å²) in [5, 5.41) is 4.01. The molecule has 0 amide bonds. The Bertz CT molecular complexity index is 623. The third-order valence-electron chi connectivity index (χ3n) is 3.60. The molecule has 0 radical (unpaired) electrons. The molecule has 0 spiro atoms. The molecule has 1 aliphatic heterocycles. The maximum Gasteiger partial charge on any atom is 0.136 e. The second kappa shape index (κ2) is 6.31. The van der Waals surface area contributed by atoms with Gasteiger partial charge >= 0.3 is 0 Å². The number of rotatable bonds is 3. The summed E-state index contributed by atoms with van der Waals surface area (Å²) in [5.41, 5.74) is 0.935. The predicted molar refractivity (Wildman–Crippen MR) is 87.6 cm³/mol. The molecular weight excluding hydrogens is 284 g/mol. The Kier molecular flexibility index (Phi) is 4.25. The molecule has 1 saturated heterocycles. The lowest BCUT2D eigenvalue weighted by atomic mass is 10.1. The van der Waals surface area contributed by atoms with E-state index in [9.17, 15) is 0 Å². The molecule has 0 atom stereocenters. The van der Waals surface area contributed by atoms with E-state index in [0.717, 1.165) is 36.2 Å². The maximum atomic E-state index is 6.01. The van der Waals surface area contributed by atoms with Crippen LogP contribution in [0.4, 0.5) is 17.3 Å². The first-order valence-electron chi connectivity index (χ1n) is 7.34. The number of hydrogen-bond donors (Lipinski definition) is 1. The Hall–Kier alpha value is -1.81. The van der Waals surface area contributed by atoms with E-state index in [-0.39, 0.29) is 0 Å². The van der Waals surface area contributed by atoms with Crippen LogP contribution in [0.25, 0.3) is 0 Å². The number of anilines is 3. The molecule has 3 rings (SSSR count). The Morgan fingerprint density at radius 3 is 2.67 bits per heavy atom. The molecule has 2 heterocycles. The van der Waals surface area contributed by atoms with E-state index in [1.54, 1.807) is 0 Å². The van der Waals surface area contributed by atoms with Gasteiger partial charge in [0.25, 0.3) is 0 Å². The summed E-state index contributed by atoms with van der Waals surface area (Å²) in [4.78, 5) is 11.4. The predicted octanol–water partition coefficient (Wildman–Crippen LogP) is 4.17. The van der Waals surface area contributed by atoms with Gasteiger partial charge in [0.15, 0.2) is 0 Å². The van der Waals surface area contributed by atoms with Crippen molar-refractivity contribution in [2.24, 2.45) is 0 Å². The molecule has 2 aromatic rings. The van der Waals surface area contributed by atoms with Crippen molar-refractivity contribution >= 4 is 28.9 Å². The van der Waals surface area contributed by atoms with Crippen LogP contribution in [0.5, 0.6) is 0 Å². The van der Waals surface area contributed by atoms with Gasteiger partial charge in [0, 0.05) is 29.9 Å². The van der Waals surface area contributed by atoms with E-state index < -0.39 is 0 Å². The SMILES string of the molecule is Cc1nc(Nc2cccc(Cl)c2)cc(N2CCCCC2)n1. The van der Waals surface area contributed by atoms with Gasteiger partial charge in [0.2, 0.25) is 0 Å². The minimum absolute atomic E-state index is 0.710. The second-order valence-electron chi connectivity index (χ2n) is 5.34. The lowest BCUT2D eigenvalue weighted by Gasteiger charge is -2.28. The summed E-state index contributed by atoms with van der Waals surface area (Å²) in [7, 11) is 0. The summed E-state index contributed by atoms with van der Waals surface area (Å²) in [5.74, 6) is 2.60. The molecule has 4 nitrogen and oxygen atoms in total. The number of halogens is 1. The lowest BCUT2D eigenvalue weighted by molar-refractivity contribution is 0.572. The molecule has 1 aromatic carbocycles. The fourth-order valence-corrected chi connectivity index (χ4v) is 2.81. The van der Waals surface area contributed by atoms with Gasteiger partial charge in [-0.25, -0.2) is 9.97 Å². The van der Waals surface area contributed by atoms with Crippen molar-refractivity contribution < 1.29 is 0 Å². The molecule has 1 N–H and O–H groups in total. The Morgan fingerprint density at radius 1 is 1.10 bits per heavy atom. The largest absolute Gasteiger partial charge is 0.356 e. The van der Waals surface area contributed by atoms with Gasteiger partial charge in [-0.05, 0) is 44.4 Å². The third-order valence-corrected chi connectivity index (χ3v) is 3.84. The zero-order chi connectivity index (χ0) is 14.7. The number of nitrogens with zero attached hydrogens (tertiary/aromatic N) is 3. The van der Waals surface area contributed by atoms with E-state index in [1.807, 2.05) is 37.3 Å². The highest BCUT2D eigenvalue weighted by atomic mass is 35.5. The van der Waals surface area contributed by atoms with Crippen LogP contribution < -0.4 is 10.2 Å². The summed E-state index contributed by atoms with van der Waals surface area (Å²) >= 11 is 6.01. The summed E-state index contributed by atoms with van der Waals surface area (Å²) in [6.07, 6.45) is 3.79. The minimum Gasteiger partial charge on any atom is -0.356 e. The fraction of sp³-hybridized carbons (Fsp3) is 0.375. The average Bonchev–Trinajstić information content (AvgIpc) is 2.47. The van der Waals surface area contributed by atoms with Gasteiger partial charge in [-0.15, -0.1) is 0 Å². The zero-order valence-corrected chi connectivity index (χ0v) is 12.9. The van der Waals surface area contributed by atoms with Crippen LogP contribution in [-0.4, -0.2) is 23.1 Å². The van der Waals surface area contributed by atoms with E-state index in [0.29, 0.717) is 5.02 Å². The molecule has 1 aliphatic rings. The fourth-order valence-electron chi connectivity index (χ4n) is 2.62. The number of aromatic nitrogens is 2. The smallest absolute Gasteiger partial charge is 0.136 e. The number of benzene rings is 1. The molecule has 0 bridgehead atoms. The first-order chi connectivity index (χ1) is 10.2. The summed E-state index contributed by atoms with van der Waals surface area (Å²) in [6, 6.07) is 9.66. The van der Waals surface area contributed by atoms with Crippen LogP contribution in [0.15, 0.2) is 30.3 Å². The van der Waals surface area contributed by atoms with Crippen molar-refractivity contribution in [2.75, 3.05) is 23.3 Å². The first kappa shape index (κ1) is 14.1. The van der Waals surface area contributed by atoms with Crippen molar-refractivity contribution in [2.45, 2.75) is 26.2 Å². The molecule has 0 saturated carbocycles. The van der Waals surface area contributed by atoms with Gasteiger partial charge in [0.05, 0.1) is 0 Å². The minimum atomic E-state index is 0.710. The Morgan fingerprint density at radius 2 is 1.90 bits per heavy atom. The van der Waals surface area contributed by atoms with Gasteiger partial charge in [0.1, 0.15) is 17.5 Å². The van der Waals surface area contributed by atoms with E-state index in [4.69, 9.17) is 11.6 Å². The van der Waals surface area contributed by atoms with Crippen LogP contribution >= 0.6 is 11.6 Å². The maximum absolute atomic E-state index is 6.01. The lowest BCUT2D eigenvalue weighted by Crippen LogP contribution is -2.30. The van der Waals surface area contributed by atoms with Crippen molar-refractivity contribution in [1.82, 2.24) is 9.97 Å². The van der Waals surface area contributed by atoms with Gasteiger partial charge < -0.3 is 10.2 Å². The summed E-state index contributed by atoms with van der Waals surface area (Å²) in [6.45, 7) is 4.08. The number of nitrogens with one attached hydrogen (secondary N) is 1. The normalized spacial score (nSPS) is 15.0. The molecule has 5 heteroatoms. The van der Waals surface area contributed by atoms with Crippen molar-refractivity contribution in [3.8, 4) is 0 Å². The van der Waals surface area contributed by atoms with Crippen LogP contribution in [-0.2, 0) is 0 Å². The monoisotopic (exact) mass is 302 g/mol.